The van der Waals surface area contributed by atoms with E-state index in [0.29, 0.717) is 18.4 Å². The highest BCUT2D eigenvalue weighted by Gasteiger charge is 2.56. The minimum absolute atomic E-state index is 0.195. The van der Waals surface area contributed by atoms with E-state index in [4.69, 9.17) is 5.73 Å². The van der Waals surface area contributed by atoms with Crippen molar-refractivity contribution in [2.45, 2.75) is 25.8 Å². The first-order valence-electron chi connectivity index (χ1n) is 6.40. The van der Waals surface area contributed by atoms with Gasteiger partial charge in [-0.05, 0) is 36.3 Å². The van der Waals surface area contributed by atoms with Gasteiger partial charge in [-0.1, -0.05) is 24.6 Å². The van der Waals surface area contributed by atoms with Crippen LogP contribution in [0.2, 0.25) is 0 Å². The molecule has 3 rings (SSSR count). The number of benzene rings is 1. The molecule has 90 valence electrons. The molecule has 0 bridgehead atoms. The van der Waals surface area contributed by atoms with E-state index in [9.17, 15) is 4.79 Å². The summed E-state index contributed by atoms with van der Waals surface area (Å²) in [4.78, 5) is 12.1. The largest absolute Gasteiger partial charge is 0.326 e. The molecular formula is C14H18N2O. The van der Waals surface area contributed by atoms with E-state index in [2.05, 4.69) is 5.32 Å². The number of carbonyl (C=O) groups excluding carboxylic acids is 1. The number of anilines is 1. The second kappa shape index (κ2) is 4.15. The van der Waals surface area contributed by atoms with Gasteiger partial charge in [0.1, 0.15) is 0 Å². The second-order valence-corrected chi connectivity index (χ2v) is 5.13. The first-order valence-corrected chi connectivity index (χ1v) is 6.40. The lowest BCUT2D eigenvalue weighted by atomic mass is 10.1. The number of hydrogen-bond acceptors (Lipinski definition) is 2. The van der Waals surface area contributed by atoms with Gasteiger partial charge in [-0.3, -0.25) is 4.79 Å². The fourth-order valence-electron chi connectivity index (χ4n) is 3.25. The summed E-state index contributed by atoms with van der Waals surface area (Å²) in [6.45, 7) is 0.466. The second-order valence-electron chi connectivity index (χ2n) is 5.13. The monoisotopic (exact) mass is 230 g/mol. The maximum atomic E-state index is 12.1. The summed E-state index contributed by atoms with van der Waals surface area (Å²) in [6, 6.07) is 7.77. The number of hydrogen-bond donors (Lipinski definition) is 2. The molecule has 1 aromatic carbocycles. The predicted molar refractivity (Wildman–Crippen MR) is 67.3 cm³/mol. The van der Waals surface area contributed by atoms with Crippen LogP contribution in [0.15, 0.2) is 24.3 Å². The number of nitrogens with two attached hydrogens (primary N) is 1. The first-order chi connectivity index (χ1) is 8.31. The molecule has 1 aromatic rings. The molecule has 17 heavy (non-hydrogen) atoms. The molecule has 3 nitrogen and oxygen atoms in total. The Labute approximate surface area is 101 Å². The average Bonchev–Trinajstić information content (AvgIpc) is 2.84. The van der Waals surface area contributed by atoms with Gasteiger partial charge in [0.2, 0.25) is 5.91 Å². The molecule has 2 aliphatic rings. The zero-order valence-corrected chi connectivity index (χ0v) is 9.86. The standard InChI is InChI=1S/C14H18N2O/c15-8-9-4-1-2-7-12(9)16-14(17)13-10-5-3-6-11(10)13/h1-2,4,7,10-11,13H,3,5-6,8,15H2,(H,16,17). The van der Waals surface area contributed by atoms with Gasteiger partial charge in [0.05, 0.1) is 0 Å². The molecule has 2 atom stereocenters. The fourth-order valence-corrected chi connectivity index (χ4v) is 3.25. The minimum Gasteiger partial charge on any atom is -0.326 e. The average molecular weight is 230 g/mol. The Balaban J connectivity index is 1.69. The van der Waals surface area contributed by atoms with E-state index in [0.717, 1.165) is 11.3 Å². The third-order valence-electron chi connectivity index (χ3n) is 4.20. The fraction of sp³-hybridized carbons (Fsp3) is 0.500. The van der Waals surface area contributed by atoms with Crippen molar-refractivity contribution in [1.82, 2.24) is 0 Å². The van der Waals surface area contributed by atoms with Crippen LogP contribution < -0.4 is 11.1 Å². The maximum absolute atomic E-state index is 12.1. The molecule has 2 unspecified atom stereocenters. The van der Waals surface area contributed by atoms with Crippen molar-refractivity contribution in [3.8, 4) is 0 Å². The van der Waals surface area contributed by atoms with Crippen molar-refractivity contribution >= 4 is 11.6 Å². The van der Waals surface area contributed by atoms with Crippen molar-refractivity contribution in [3.05, 3.63) is 29.8 Å². The molecule has 0 radical (unpaired) electrons. The van der Waals surface area contributed by atoms with Gasteiger partial charge < -0.3 is 11.1 Å². The Hall–Kier alpha value is -1.35. The molecule has 0 heterocycles. The van der Waals surface area contributed by atoms with Gasteiger partial charge in [0, 0.05) is 18.2 Å². The van der Waals surface area contributed by atoms with Gasteiger partial charge in [0.15, 0.2) is 0 Å². The summed E-state index contributed by atoms with van der Waals surface area (Å²) in [5.74, 6) is 1.80. The number of fused-ring (bicyclic) bond motifs is 1. The van der Waals surface area contributed by atoms with E-state index in [1.807, 2.05) is 24.3 Å². The van der Waals surface area contributed by atoms with E-state index in [1.165, 1.54) is 19.3 Å². The molecule has 0 saturated heterocycles. The quantitative estimate of drug-likeness (QED) is 0.835. The van der Waals surface area contributed by atoms with Crippen molar-refractivity contribution in [2.24, 2.45) is 23.5 Å². The first kappa shape index (κ1) is 10.8. The zero-order valence-electron chi connectivity index (χ0n) is 9.86. The van der Waals surface area contributed by atoms with Crippen LogP contribution >= 0.6 is 0 Å². The highest BCUT2D eigenvalue weighted by Crippen LogP contribution is 2.57. The van der Waals surface area contributed by atoms with Crippen LogP contribution in [0.4, 0.5) is 5.69 Å². The lowest BCUT2D eigenvalue weighted by Gasteiger charge is -2.10. The lowest BCUT2D eigenvalue weighted by molar-refractivity contribution is -0.118. The van der Waals surface area contributed by atoms with Crippen LogP contribution in [0.25, 0.3) is 0 Å². The van der Waals surface area contributed by atoms with Gasteiger partial charge >= 0.3 is 0 Å². The third kappa shape index (κ3) is 1.84. The SMILES string of the molecule is NCc1ccccc1NC(=O)C1C2CCCC21. The number of rotatable bonds is 3. The van der Waals surface area contributed by atoms with E-state index >= 15 is 0 Å². The Morgan fingerprint density at radius 2 is 2.00 bits per heavy atom. The van der Waals surface area contributed by atoms with E-state index < -0.39 is 0 Å². The Bertz CT molecular complexity index is 434. The normalized spacial score (nSPS) is 29.8. The molecule has 0 aliphatic heterocycles. The summed E-state index contributed by atoms with van der Waals surface area (Å²) in [7, 11) is 0. The van der Waals surface area contributed by atoms with Crippen LogP contribution in [0, 0.1) is 17.8 Å². The summed E-state index contributed by atoms with van der Waals surface area (Å²) in [6.07, 6.45) is 3.78. The van der Waals surface area contributed by atoms with E-state index in [-0.39, 0.29) is 11.8 Å². The minimum atomic E-state index is 0.195. The zero-order chi connectivity index (χ0) is 11.8. The number of nitrogens with one attached hydrogen (secondary N) is 1. The van der Waals surface area contributed by atoms with Gasteiger partial charge in [-0.15, -0.1) is 0 Å². The molecule has 2 fully saturated rings. The molecule has 0 spiro atoms. The summed E-state index contributed by atoms with van der Waals surface area (Å²) in [5.41, 5.74) is 7.54. The summed E-state index contributed by atoms with van der Waals surface area (Å²) < 4.78 is 0. The number of para-hydroxylation sites is 1. The Kier molecular flexibility index (Phi) is 2.63. The maximum Gasteiger partial charge on any atom is 0.228 e. The van der Waals surface area contributed by atoms with Crippen LogP contribution in [-0.2, 0) is 11.3 Å². The summed E-state index contributed by atoms with van der Waals surface area (Å²) >= 11 is 0. The molecule has 3 N–H and O–H groups in total. The number of carbonyl (C=O) groups is 1. The molecule has 3 heteroatoms. The van der Waals surface area contributed by atoms with Crippen LogP contribution in [0.5, 0.6) is 0 Å². The van der Waals surface area contributed by atoms with Crippen LogP contribution in [0.1, 0.15) is 24.8 Å². The molecule has 2 saturated carbocycles. The molecule has 2 aliphatic carbocycles. The molecule has 0 aromatic heterocycles. The van der Waals surface area contributed by atoms with E-state index in [1.54, 1.807) is 0 Å². The topological polar surface area (TPSA) is 55.1 Å². The van der Waals surface area contributed by atoms with Crippen molar-refractivity contribution < 1.29 is 4.79 Å². The van der Waals surface area contributed by atoms with Gasteiger partial charge in [-0.25, -0.2) is 0 Å². The third-order valence-corrected chi connectivity index (χ3v) is 4.20. The van der Waals surface area contributed by atoms with Crippen molar-refractivity contribution in [1.29, 1.82) is 0 Å². The van der Waals surface area contributed by atoms with Crippen molar-refractivity contribution in [2.75, 3.05) is 5.32 Å². The Morgan fingerprint density at radius 1 is 1.29 bits per heavy atom. The smallest absolute Gasteiger partial charge is 0.228 e. The molecular weight excluding hydrogens is 212 g/mol. The van der Waals surface area contributed by atoms with Crippen LogP contribution in [-0.4, -0.2) is 5.91 Å². The van der Waals surface area contributed by atoms with Crippen LogP contribution in [0.3, 0.4) is 0 Å². The molecule has 1 amide bonds. The highest BCUT2D eigenvalue weighted by molar-refractivity contribution is 5.95. The Morgan fingerprint density at radius 3 is 2.71 bits per heavy atom. The van der Waals surface area contributed by atoms with Crippen molar-refractivity contribution in [3.63, 3.8) is 0 Å². The van der Waals surface area contributed by atoms with Gasteiger partial charge in [0.25, 0.3) is 0 Å². The van der Waals surface area contributed by atoms with Gasteiger partial charge in [-0.2, -0.15) is 0 Å². The number of amides is 1. The summed E-state index contributed by atoms with van der Waals surface area (Å²) in [5, 5.41) is 3.03. The predicted octanol–water partition coefficient (Wildman–Crippen LogP) is 2.13. The lowest BCUT2D eigenvalue weighted by Crippen LogP contribution is -2.18. The highest BCUT2D eigenvalue weighted by atomic mass is 16.2.